The molecule has 0 heterocycles. The molecule has 0 saturated heterocycles. The quantitative estimate of drug-likeness (QED) is 0.349. The smallest absolute Gasteiger partial charge is 0.101 e. The summed E-state index contributed by atoms with van der Waals surface area (Å²) in [5.74, 6) is 0. The SMILES string of the molecule is CN(C)c1ccc(C(N=C(c2ccccc2)c2ccccc2)c2ccccc2)cc1. The molecule has 2 heteroatoms. The van der Waals surface area contributed by atoms with E-state index in [9.17, 15) is 0 Å². The van der Waals surface area contributed by atoms with Crippen molar-refractivity contribution >= 4 is 11.4 Å². The highest BCUT2D eigenvalue weighted by atomic mass is 15.1. The monoisotopic (exact) mass is 390 g/mol. The zero-order valence-corrected chi connectivity index (χ0v) is 17.4. The van der Waals surface area contributed by atoms with Crippen molar-refractivity contribution in [2.45, 2.75) is 6.04 Å². The minimum absolute atomic E-state index is 0.0853. The van der Waals surface area contributed by atoms with Gasteiger partial charge in [0.2, 0.25) is 0 Å². The molecule has 1 unspecified atom stereocenters. The topological polar surface area (TPSA) is 15.6 Å². The van der Waals surface area contributed by atoms with Crippen LogP contribution in [-0.4, -0.2) is 19.8 Å². The van der Waals surface area contributed by atoms with E-state index in [-0.39, 0.29) is 6.04 Å². The van der Waals surface area contributed by atoms with Gasteiger partial charge in [-0.05, 0) is 23.3 Å². The lowest BCUT2D eigenvalue weighted by Crippen LogP contribution is -2.10. The number of benzene rings is 4. The molecule has 2 nitrogen and oxygen atoms in total. The molecule has 0 fully saturated rings. The van der Waals surface area contributed by atoms with Crippen LogP contribution in [0.2, 0.25) is 0 Å². The summed E-state index contributed by atoms with van der Waals surface area (Å²) in [6.45, 7) is 0. The van der Waals surface area contributed by atoms with Gasteiger partial charge in [0.15, 0.2) is 0 Å². The van der Waals surface area contributed by atoms with Gasteiger partial charge in [-0.1, -0.05) is 103 Å². The molecule has 4 rings (SSSR count). The van der Waals surface area contributed by atoms with Gasteiger partial charge in [-0.3, -0.25) is 4.99 Å². The van der Waals surface area contributed by atoms with Crippen molar-refractivity contribution < 1.29 is 0 Å². The van der Waals surface area contributed by atoms with Crippen LogP contribution in [0.15, 0.2) is 120 Å². The van der Waals surface area contributed by atoms with E-state index in [1.165, 1.54) is 16.8 Å². The van der Waals surface area contributed by atoms with Crippen LogP contribution >= 0.6 is 0 Å². The third-order valence-electron chi connectivity index (χ3n) is 5.19. The molecule has 0 aromatic heterocycles. The van der Waals surface area contributed by atoms with Gasteiger partial charge in [0, 0.05) is 30.9 Å². The third kappa shape index (κ3) is 4.49. The van der Waals surface area contributed by atoms with Gasteiger partial charge < -0.3 is 4.90 Å². The Morgan fingerprint density at radius 1 is 0.567 bits per heavy atom. The molecule has 0 spiro atoms. The molecule has 0 radical (unpaired) electrons. The largest absolute Gasteiger partial charge is 0.378 e. The van der Waals surface area contributed by atoms with Crippen LogP contribution in [0, 0.1) is 0 Å². The number of hydrogen-bond donors (Lipinski definition) is 0. The molecule has 1 atom stereocenters. The van der Waals surface area contributed by atoms with Crippen LogP contribution in [0.4, 0.5) is 5.69 Å². The summed E-state index contributed by atoms with van der Waals surface area (Å²) in [4.78, 5) is 7.45. The normalized spacial score (nSPS) is 11.5. The van der Waals surface area contributed by atoms with Crippen molar-refractivity contribution in [1.82, 2.24) is 0 Å². The molecule has 0 aliphatic rings. The summed E-state index contributed by atoms with van der Waals surface area (Å²) in [5, 5.41) is 0. The van der Waals surface area contributed by atoms with Crippen LogP contribution in [0.1, 0.15) is 28.3 Å². The van der Waals surface area contributed by atoms with Gasteiger partial charge in [-0.15, -0.1) is 0 Å². The van der Waals surface area contributed by atoms with Gasteiger partial charge >= 0.3 is 0 Å². The maximum absolute atomic E-state index is 5.33. The van der Waals surface area contributed by atoms with E-state index in [0.717, 1.165) is 16.8 Å². The van der Waals surface area contributed by atoms with Crippen molar-refractivity contribution in [2.75, 3.05) is 19.0 Å². The lowest BCUT2D eigenvalue weighted by atomic mass is 9.96. The van der Waals surface area contributed by atoms with E-state index in [1.807, 2.05) is 12.1 Å². The Morgan fingerprint density at radius 3 is 1.47 bits per heavy atom. The van der Waals surface area contributed by atoms with E-state index >= 15 is 0 Å². The van der Waals surface area contributed by atoms with E-state index in [1.54, 1.807) is 0 Å². The van der Waals surface area contributed by atoms with Crippen LogP contribution < -0.4 is 4.90 Å². The van der Waals surface area contributed by atoms with Gasteiger partial charge in [0.05, 0.1) is 5.71 Å². The standard InChI is InChI=1S/C28H26N2/c1-30(2)26-20-18-25(19-21-26)28(24-16-10-5-11-17-24)29-27(22-12-6-3-7-13-22)23-14-8-4-9-15-23/h3-21,28H,1-2H3. The summed E-state index contributed by atoms with van der Waals surface area (Å²) in [6, 6.07) is 40.0. The van der Waals surface area contributed by atoms with Gasteiger partial charge in [0.1, 0.15) is 6.04 Å². The van der Waals surface area contributed by atoms with E-state index in [0.29, 0.717) is 0 Å². The fourth-order valence-corrected chi connectivity index (χ4v) is 3.57. The minimum atomic E-state index is -0.0853. The molecule has 0 aliphatic carbocycles. The molecule has 0 amide bonds. The van der Waals surface area contributed by atoms with Gasteiger partial charge in [0.25, 0.3) is 0 Å². The van der Waals surface area contributed by atoms with Crippen molar-refractivity contribution in [3.05, 3.63) is 138 Å². The Balaban J connectivity index is 1.87. The second-order valence-electron chi connectivity index (χ2n) is 7.51. The number of hydrogen-bond acceptors (Lipinski definition) is 2. The summed E-state index contributed by atoms with van der Waals surface area (Å²) in [6.07, 6.45) is 0. The molecule has 4 aromatic carbocycles. The average Bonchev–Trinajstić information content (AvgIpc) is 2.81. The van der Waals surface area contributed by atoms with Crippen molar-refractivity contribution in [1.29, 1.82) is 0 Å². The number of anilines is 1. The molecular weight excluding hydrogens is 364 g/mol. The summed E-state index contributed by atoms with van der Waals surface area (Å²) in [7, 11) is 4.12. The first kappa shape index (κ1) is 19.7. The molecular formula is C28H26N2. The minimum Gasteiger partial charge on any atom is -0.378 e. The second-order valence-corrected chi connectivity index (χ2v) is 7.51. The zero-order valence-electron chi connectivity index (χ0n) is 17.4. The molecule has 0 aliphatic heterocycles. The third-order valence-corrected chi connectivity index (χ3v) is 5.19. The van der Waals surface area contributed by atoms with Crippen LogP contribution in [0.3, 0.4) is 0 Å². The zero-order chi connectivity index (χ0) is 20.8. The van der Waals surface area contributed by atoms with E-state index in [4.69, 9.17) is 4.99 Å². The molecule has 0 N–H and O–H groups in total. The Hall–Kier alpha value is -3.65. The van der Waals surface area contributed by atoms with Gasteiger partial charge in [-0.2, -0.15) is 0 Å². The van der Waals surface area contributed by atoms with Crippen LogP contribution in [0.5, 0.6) is 0 Å². The maximum atomic E-state index is 5.33. The first-order valence-corrected chi connectivity index (χ1v) is 10.2. The molecule has 0 saturated carbocycles. The van der Waals surface area contributed by atoms with E-state index in [2.05, 4.69) is 122 Å². The fraction of sp³-hybridized carbons (Fsp3) is 0.107. The lowest BCUT2D eigenvalue weighted by molar-refractivity contribution is 0.873. The molecule has 30 heavy (non-hydrogen) atoms. The van der Waals surface area contributed by atoms with Crippen molar-refractivity contribution in [2.24, 2.45) is 4.99 Å². The Bertz CT molecular complexity index is 1040. The van der Waals surface area contributed by atoms with Crippen molar-refractivity contribution in [3.8, 4) is 0 Å². The number of rotatable bonds is 6. The summed E-state index contributed by atoms with van der Waals surface area (Å²) >= 11 is 0. The van der Waals surface area contributed by atoms with Crippen molar-refractivity contribution in [3.63, 3.8) is 0 Å². The average molecular weight is 391 g/mol. The summed E-state index contributed by atoms with van der Waals surface area (Å²) in [5.41, 5.74) is 6.78. The van der Waals surface area contributed by atoms with E-state index < -0.39 is 0 Å². The predicted molar refractivity (Wildman–Crippen MR) is 128 cm³/mol. The second kappa shape index (κ2) is 9.23. The van der Waals surface area contributed by atoms with Gasteiger partial charge in [-0.25, -0.2) is 0 Å². The molecule has 0 bridgehead atoms. The molecule has 4 aromatic rings. The first-order valence-electron chi connectivity index (χ1n) is 10.2. The van der Waals surface area contributed by atoms with Crippen LogP contribution in [0.25, 0.3) is 0 Å². The number of nitrogens with zero attached hydrogens (tertiary/aromatic N) is 2. The lowest BCUT2D eigenvalue weighted by Gasteiger charge is -2.19. The van der Waals surface area contributed by atoms with Crippen LogP contribution in [-0.2, 0) is 0 Å². The highest BCUT2D eigenvalue weighted by Crippen LogP contribution is 2.29. The first-order chi connectivity index (χ1) is 14.7. The Morgan fingerprint density at radius 2 is 1.00 bits per heavy atom. The highest BCUT2D eigenvalue weighted by molar-refractivity contribution is 6.13. The summed E-state index contributed by atoms with van der Waals surface area (Å²) < 4.78 is 0. The highest BCUT2D eigenvalue weighted by Gasteiger charge is 2.16. The number of aliphatic imine (C=N–C) groups is 1. The molecule has 148 valence electrons. The fourth-order valence-electron chi connectivity index (χ4n) is 3.57. The predicted octanol–water partition coefficient (Wildman–Crippen LogP) is 6.38. The maximum Gasteiger partial charge on any atom is 0.101 e. The Labute approximate surface area is 179 Å². The Kier molecular flexibility index (Phi) is 6.05.